The fourth-order valence-corrected chi connectivity index (χ4v) is 3.41. The molecule has 4 rings (SSSR count). The van der Waals surface area contributed by atoms with Crippen LogP contribution in [-0.2, 0) is 5.41 Å². The van der Waals surface area contributed by atoms with Gasteiger partial charge < -0.3 is 5.11 Å². The Bertz CT molecular complexity index is 761. The van der Waals surface area contributed by atoms with Gasteiger partial charge in [0, 0.05) is 5.57 Å². The summed E-state index contributed by atoms with van der Waals surface area (Å²) in [6.07, 6.45) is 10.7. The molecular weight excluding hydrogens is 246 g/mol. The van der Waals surface area contributed by atoms with Crippen molar-refractivity contribution >= 4 is 11.4 Å². The first-order valence-electron chi connectivity index (χ1n) is 6.84. The van der Waals surface area contributed by atoms with E-state index < -0.39 is 0 Å². The third-order valence-corrected chi connectivity index (χ3v) is 4.30. The van der Waals surface area contributed by atoms with Crippen LogP contribution in [-0.4, -0.2) is 17.4 Å². The molecule has 2 nitrogen and oxygen atoms in total. The number of rotatable bonds is 1. The maximum absolute atomic E-state index is 9.65. The molecule has 1 atom stereocenters. The molecule has 20 heavy (non-hydrogen) atoms. The number of aliphatic hydroxyl groups excluding tert-OH is 1. The van der Waals surface area contributed by atoms with Gasteiger partial charge in [0.15, 0.2) is 0 Å². The quantitative estimate of drug-likeness (QED) is 0.825. The van der Waals surface area contributed by atoms with Gasteiger partial charge in [-0.3, -0.25) is 4.99 Å². The van der Waals surface area contributed by atoms with E-state index in [-0.39, 0.29) is 12.0 Å². The third kappa shape index (κ3) is 1.29. The van der Waals surface area contributed by atoms with Crippen molar-refractivity contribution < 1.29 is 5.11 Å². The molecule has 0 bridgehead atoms. The Balaban J connectivity index is 2.08. The molecule has 0 fully saturated rings. The van der Waals surface area contributed by atoms with Crippen LogP contribution in [0.3, 0.4) is 0 Å². The summed E-state index contributed by atoms with van der Waals surface area (Å²) < 4.78 is 0. The first kappa shape index (κ1) is 11.6. The number of aliphatic hydroxyl groups is 1. The zero-order valence-electron chi connectivity index (χ0n) is 11.3. The lowest BCUT2D eigenvalue weighted by Crippen LogP contribution is -2.38. The molecule has 1 aliphatic heterocycles. The minimum Gasteiger partial charge on any atom is -0.392 e. The number of hydrogen-bond acceptors (Lipinski definition) is 2. The second kappa shape index (κ2) is 3.90. The van der Waals surface area contributed by atoms with Crippen LogP contribution in [0.1, 0.15) is 12.5 Å². The van der Waals surface area contributed by atoms with Crippen LogP contribution < -0.4 is 0 Å². The Hall–Kier alpha value is -2.19. The summed E-state index contributed by atoms with van der Waals surface area (Å²) in [6, 6.07) is 8.26. The third-order valence-electron chi connectivity index (χ3n) is 4.30. The van der Waals surface area contributed by atoms with Gasteiger partial charge >= 0.3 is 0 Å². The van der Waals surface area contributed by atoms with Gasteiger partial charge in [-0.1, -0.05) is 54.2 Å². The van der Waals surface area contributed by atoms with E-state index in [9.17, 15) is 5.11 Å². The second-order valence-corrected chi connectivity index (χ2v) is 5.48. The monoisotopic (exact) mass is 261 g/mol. The standard InChI is InChI=1S/C18H15NO/c1-12-6-8-14-9-7-13(11-20)17-18(14,10-12)15-4-2-3-5-16(15)19-17/h2-10,20H,11H2,1H3. The van der Waals surface area contributed by atoms with Gasteiger partial charge in [0.25, 0.3) is 0 Å². The summed E-state index contributed by atoms with van der Waals surface area (Å²) in [6.45, 7) is 2.13. The fraction of sp³-hybridized carbons (Fsp3) is 0.167. The summed E-state index contributed by atoms with van der Waals surface area (Å²) in [5.74, 6) is 0. The molecule has 1 aromatic rings. The molecule has 1 unspecified atom stereocenters. The summed E-state index contributed by atoms with van der Waals surface area (Å²) >= 11 is 0. The van der Waals surface area contributed by atoms with Gasteiger partial charge in [0.2, 0.25) is 0 Å². The maximum atomic E-state index is 9.65. The van der Waals surface area contributed by atoms with Crippen molar-refractivity contribution in [2.45, 2.75) is 12.3 Å². The Morgan fingerprint density at radius 3 is 2.85 bits per heavy atom. The SMILES string of the molecule is CC1=CC23C(=CC=C(CO)C2=Nc2ccccc23)C=C1. The number of allylic oxidation sites excluding steroid dienone is 7. The van der Waals surface area contributed by atoms with Crippen LogP contribution in [0.25, 0.3) is 0 Å². The Kier molecular flexibility index (Phi) is 2.27. The molecule has 2 heteroatoms. The van der Waals surface area contributed by atoms with Crippen molar-refractivity contribution in [1.29, 1.82) is 0 Å². The van der Waals surface area contributed by atoms with Gasteiger partial charge in [-0.15, -0.1) is 0 Å². The highest BCUT2D eigenvalue weighted by Gasteiger charge is 2.47. The van der Waals surface area contributed by atoms with Crippen LogP contribution in [0, 0.1) is 0 Å². The van der Waals surface area contributed by atoms with E-state index in [0.717, 1.165) is 17.0 Å². The van der Waals surface area contributed by atoms with Crippen molar-refractivity contribution in [3.63, 3.8) is 0 Å². The molecule has 1 heterocycles. The van der Waals surface area contributed by atoms with Crippen LogP contribution in [0.2, 0.25) is 0 Å². The van der Waals surface area contributed by atoms with Crippen LogP contribution in [0.15, 0.2) is 76.4 Å². The van der Waals surface area contributed by atoms with E-state index in [2.05, 4.69) is 43.4 Å². The average Bonchev–Trinajstić information content (AvgIpc) is 2.80. The number of hydrogen-bond donors (Lipinski definition) is 1. The molecule has 2 aliphatic carbocycles. The van der Waals surface area contributed by atoms with Gasteiger partial charge in [-0.2, -0.15) is 0 Å². The number of para-hydroxylation sites is 1. The van der Waals surface area contributed by atoms with Gasteiger partial charge in [0.05, 0.1) is 23.4 Å². The van der Waals surface area contributed by atoms with Crippen LogP contribution in [0.5, 0.6) is 0 Å². The summed E-state index contributed by atoms with van der Waals surface area (Å²) in [5.41, 5.74) is 6.25. The number of aliphatic imine (C=N–C) groups is 1. The fourth-order valence-electron chi connectivity index (χ4n) is 3.41. The molecule has 0 radical (unpaired) electrons. The van der Waals surface area contributed by atoms with Crippen LogP contribution >= 0.6 is 0 Å². The molecule has 1 aromatic carbocycles. The predicted molar refractivity (Wildman–Crippen MR) is 81.4 cm³/mol. The lowest BCUT2D eigenvalue weighted by atomic mass is 9.65. The molecular formula is C18H15NO. The lowest BCUT2D eigenvalue weighted by Gasteiger charge is -2.36. The van der Waals surface area contributed by atoms with Gasteiger partial charge in [0.1, 0.15) is 0 Å². The molecule has 0 saturated carbocycles. The smallest absolute Gasteiger partial charge is 0.0834 e. The maximum Gasteiger partial charge on any atom is 0.0834 e. The largest absolute Gasteiger partial charge is 0.392 e. The molecule has 1 spiro atoms. The van der Waals surface area contributed by atoms with Crippen molar-refractivity contribution in [3.05, 3.63) is 76.9 Å². The van der Waals surface area contributed by atoms with Gasteiger partial charge in [-0.05, 0) is 24.1 Å². The minimum atomic E-state index is -0.303. The zero-order valence-corrected chi connectivity index (χ0v) is 11.3. The molecule has 0 saturated heterocycles. The van der Waals surface area contributed by atoms with Crippen LogP contribution in [0.4, 0.5) is 5.69 Å². The second-order valence-electron chi connectivity index (χ2n) is 5.48. The number of benzene rings is 1. The average molecular weight is 261 g/mol. The van der Waals surface area contributed by atoms with E-state index in [1.165, 1.54) is 16.7 Å². The van der Waals surface area contributed by atoms with E-state index in [4.69, 9.17) is 4.99 Å². The van der Waals surface area contributed by atoms with E-state index in [1.807, 2.05) is 18.2 Å². The van der Waals surface area contributed by atoms with Crippen molar-refractivity contribution in [3.8, 4) is 0 Å². The summed E-state index contributed by atoms with van der Waals surface area (Å²) in [7, 11) is 0. The predicted octanol–water partition coefficient (Wildman–Crippen LogP) is 3.39. The highest BCUT2D eigenvalue weighted by atomic mass is 16.3. The number of nitrogens with zero attached hydrogens (tertiary/aromatic N) is 1. The molecule has 0 aromatic heterocycles. The highest BCUT2D eigenvalue weighted by Crippen LogP contribution is 2.51. The highest BCUT2D eigenvalue weighted by molar-refractivity contribution is 6.18. The van der Waals surface area contributed by atoms with Gasteiger partial charge in [-0.25, -0.2) is 0 Å². The first-order chi connectivity index (χ1) is 9.75. The lowest BCUT2D eigenvalue weighted by molar-refractivity contribution is 0.336. The van der Waals surface area contributed by atoms with Crippen molar-refractivity contribution in [2.75, 3.05) is 6.61 Å². The summed E-state index contributed by atoms with van der Waals surface area (Å²) in [4.78, 5) is 4.80. The Labute approximate surface area is 118 Å². The van der Waals surface area contributed by atoms with Crippen molar-refractivity contribution in [1.82, 2.24) is 0 Å². The molecule has 3 aliphatic rings. The Morgan fingerprint density at radius 2 is 2.00 bits per heavy atom. The molecule has 98 valence electrons. The van der Waals surface area contributed by atoms with E-state index >= 15 is 0 Å². The number of fused-ring (bicyclic) bond motifs is 1. The van der Waals surface area contributed by atoms with E-state index in [1.54, 1.807) is 0 Å². The minimum absolute atomic E-state index is 0.0228. The normalized spacial score (nSPS) is 25.9. The topological polar surface area (TPSA) is 32.6 Å². The first-order valence-corrected chi connectivity index (χ1v) is 6.84. The Morgan fingerprint density at radius 1 is 1.15 bits per heavy atom. The van der Waals surface area contributed by atoms with Crippen molar-refractivity contribution in [2.24, 2.45) is 4.99 Å². The molecule has 0 amide bonds. The summed E-state index contributed by atoms with van der Waals surface area (Å²) in [5, 5.41) is 9.65. The molecule has 1 N–H and O–H groups in total. The zero-order chi connectivity index (χ0) is 13.7. The van der Waals surface area contributed by atoms with E-state index in [0.29, 0.717) is 0 Å².